The fraction of sp³-hybridized carbons (Fsp3) is 0. The van der Waals surface area contributed by atoms with Gasteiger partial charge in [-0.3, -0.25) is 9.97 Å². The molecule has 0 fully saturated rings. The third-order valence-corrected chi connectivity index (χ3v) is 3.06. The van der Waals surface area contributed by atoms with Gasteiger partial charge in [0.15, 0.2) is 0 Å². The van der Waals surface area contributed by atoms with Crippen molar-refractivity contribution >= 4 is 15.9 Å². The number of nitrogens with zero attached hydrogens (tertiary/aromatic N) is 4. The maximum Gasteiger partial charge on any atom is 0.0916 e. The summed E-state index contributed by atoms with van der Waals surface area (Å²) in [6, 6.07) is 7.97. The normalized spacial score (nSPS) is 10.5. The van der Waals surface area contributed by atoms with Crippen molar-refractivity contribution in [3.8, 4) is 16.9 Å². The van der Waals surface area contributed by atoms with Gasteiger partial charge in [0, 0.05) is 28.6 Å². The van der Waals surface area contributed by atoms with Gasteiger partial charge in [0.1, 0.15) is 0 Å². The molecule has 4 nitrogen and oxygen atoms in total. The smallest absolute Gasteiger partial charge is 0.0916 e. The number of rotatable bonds is 2. The molecule has 0 spiro atoms. The molecule has 18 heavy (non-hydrogen) atoms. The predicted molar refractivity (Wildman–Crippen MR) is 72.3 cm³/mol. The largest absolute Gasteiger partial charge is 0.261 e. The first-order chi connectivity index (χ1) is 8.83. The van der Waals surface area contributed by atoms with Crippen molar-refractivity contribution in [2.75, 3.05) is 0 Å². The lowest BCUT2D eigenvalue weighted by atomic mass is 10.3. The Morgan fingerprint density at radius 2 is 1.83 bits per heavy atom. The van der Waals surface area contributed by atoms with Crippen molar-refractivity contribution in [2.24, 2.45) is 0 Å². The average molecular weight is 301 g/mol. The number of hydrogen-bond acceptors (Lipinski definition) is 3. The summed E-state index contributed by atoms with van der Waals surface area (Å²) in [7, 11) is 0. The molecule has 0 aliphatic heterocycles. The SMILES string of the molecule is Brc1ccc(-n2cc(-c3cnccn3)cn2)cc1. The van der Waals surface area contributed by atoms with Crippen LogP contribution in [-0.4, -0.2) is 19.7 Å². The molecule has 3 rings (SSSR count). The molecule has 0 bridgehead atoms. The molecule has 3 aromatic rings. The van der Waals surface area contributed by atoms with Crippen LogP contribution in [0.4, 0.5) is 0 Å². The molecule has 5 heteroatoms. The maximum atomic E-state index is 4.33. The van der Waals surface area contributed by atoms with Gasteiger partial charge in [-0.25, -0.2) is 4.68 Å². The molecule has 0 atom stereocenters. The molecule has 2 aromatic heterocycles. The Kier molecular flexibility index (Phi) is 2.90. The Bertz CT molecular complexity index is 646. The minimum absolute atomic E-state index is 0.820. The van der Waals surface area contributed by atoms with Gasteiger partial charge < -0.3 is 0 Å². The van der Waals surface area contributed by atoms with E-state index in [9.17, 15) is 0 Å². The number of hydrogen-bond donors (Lipinski definition) is 0. The van der Waals surface area contributed by atoms with Gasteiger partial charge in [-0.1, -0.05) is 15.9 Å². The van der Waals surface area contributed by atoms with E-state index in [-0.39, 0.29) is 0 Å². The fourth-order valence-corrected chi connectivity index (χ4v) is 1.90. The molecule has 0 unspecified atom stereocenters. The average Bonchev–Trinajstić information content (AvgIpc) is 2.90. The minimum Gasteiger partial charge on any atom is -0.261 e. The van der Waals surface area contributed by atoms with Crippen LogP contribution in [0.5, 0.6) is 0 Å². The molecule has 88 valence electrons. The van der Waals surface area contributed by atoms with E-state index in [0.717, 1.165) is 21.4 Å². The van der Waals surface area contributed by atoms with E-state index in [4.69, 9.17) is 0 Å². The lowest BCUT2D eigenvalue weighted by Gasteiger charge is -2.00. The van der Waals surface area contributed by atoms with Crippen molar-refractivity contribution in [1.29, 1.82) is 0 Å². The first-order valence-electron chi connectivity index (χ1n) is 5.40. The highest BCUT2D eigenvalue weighted by Crippen LogP contribution is 2.18. The summed E-state index contributed by atoms with van der Waals surface area (Å²) in [5.41, 5.74) is 2.78. The van der Waals surface area contributed by atoms with Crippen LogP contribution in [0.15, 0.2) is 59.7 Å². The van der Waals surface area contributed by atoms with E-state index >= 15 is 0 Å². The van der Waals surface area contributed by atoms with Crippen LogP contribution < -0.4 is 0 Å². The zero-order valence-electron chi connectivity index (χ0n) is 9.36. The van der Waals surface area contributed by atoms with Gasteiger partial charge in [0.05, 0.1) is 23.8 Å². The van der Waals surface area contributed by atoms with Gasteiger partial charge in [0.2, 0.25) is 0 Å². The lowest BCUT2D eigenvalue weighted by Crippen LogP contribution is -1.92. The van der Waals surface area contributed by atoms with Gasteiger partial charge in [0.25, 0.3) is 0 Å². The second kappa shape index (κ2) is 4.70. The molecular weight excluding hydrogens is 292 g/mol. The summed E-state index contributed by atoms with van der Waals surface area (Å²) >= 11 is 3.41. The summed E-state index contributed by atoms with van der Waals surface area (Å²) in [6.07, 6.45) is 8.77. The van der Waals surface area contributed by atoms with E-state index in [2.05, 4.69) is 31.0 Å². The van der Waals surface area contributed by atoms with E-state index in [0.29, 0.717) is 0 Å². The van der Waals surface area contributed by atoms with Crippen molar-refractivity contribution in [3.63, 3.8) is 0 Å². The molecule has 0 amide bonds. The third kappa shape index (κ3) is 2.17. The van der Waals surface area contributed by atoms with Gasteiger partial charge in [-0.2, -0.15) is 5.10 Å². The zero-order chi connectivity index (χ0) is 12.4. The van der Waals surface area contributed by atoms with Crippen LogP contribution in [0.2, 0.25) is 0 Å². The quantitative estimate of drug-likeness (QED) is 0.730. The van der Waals surface area contributed by atoms with Crippen LogP contribution in [0.25, 0.3) is 16.9 Å². The summed E-state index contributed by atoms with van der Waals surface area (Å²) in [6.45, 7) is 0. The van der Waals surface area contributed by atoms with E-state index in [1.54, 1.807) is 24.8 Å². The van der Waals surface area contributed by atoms with Crippen LogP contribution in [0.3, 0.4) is 0 Å². The van der Waals surface area contributed by atoms with Gasteiger partial charge >= 0.3 is 0 Å². The minimum atomic E-state index is 0.820. The first kappa shape index (κ1) is 11.1. The first-order valence-corrected chi connectivity index (χ1v) is 6.19. The van der Waals surface area contributed by atoms with E-state index in [1.165, 1.54) is 0 Å². The Morgan fingerprint density at radius 1 is 1.00 bits per heavy atom. The molecular formula is C13H9BrN4. The van der Waals surface area contributed by atoms with Crippen LogP contribution in [0, 0.1) is 0 Å². The van der Waals surface area contributed by atoms with Gasteiger partial charge in [-0.15, -0.1) is 0 Å². The molecule has 0 aliphatic rings. The zero-order valence-corrected chi connectivity index (χ0v) is 10.9. The molecule has 1 aromatic carbocycles. The Labute approximate surface area is 112 Å². The second-order valence-corrected chi connectivity index (χ2v) is 4.66. The van der Waals surface area contributed by atoms with Crippen LogP contribution >= 0.6 is 15.9 Å². The predicted octanol–water partition coefficient (Wildman–Crippen LogP) is 3.09. The van der Waals surface area contributed by atoms with E-state index < -0.39 is 0 Å². The van der Waals surface area contributed by atoms with Crippen LogP contribution in [-0.2, 0) is 0 Å². The highest BCUT2D eigenvalue weighted by Gasteiger charge is 2.04. The summed E-state index contributed by atoms with van der Waals surface area (Å²) in [5.74, 6) is 0. The Morgan fingerprint density at radius 3 is 2.56 bits per heavy atom. The standard InChI is InChI=1S/C13H9BrN4/c14-11-1-3-12(4-2-11)18-9-10(7-17-18)13-8-15-5-6-16-13/h1-9H. The van der Waals surface area contributed by atoms with Crippen molar-refractivity contribution in [2.45, 2.75) is 0 Å². The monoisotopic (exact) mass is 300 g/mol. The Hall–Kier alpha value is -2.01. The molecule has 0 aliphatic carbocycles. The molecule has 0 N–H and O–H groups in total. The molecule has 0 saturated carbocycles. The fourth-order valence-electron chi connectivity index (χ4n) is 1.64. The van der Waals surface area contributed by atoms with Crippen LogP contribution in [0.1, 0.15) is 0 Å². The number of benzene rings is 1. The summed E-state index contributed by atoms with van der Waals surface area (Å²) < 4.78 is 2.86. The third-order valence-electron chi connectivity index (χ3n) is 2.53. The number of halogens is 1. The molecule has 0 saturated heterocycles. The van der Waals surface area contributed by atoms with Crippen molar-refractivity contribution in [3.05, 3.63) is 59.7 Å². The van der Waals surface area contributed by atoms with Crippen molar-refractivity contribution in [1.82, 2.24) is 19.7 Å². The number of aromatic nitrogens is 4. The molecule has 0 radical (unpaired) electrons. The maximum absolute atomic E-state index is 4.33. The highest BCUT2D eigenvalue weighted by molar-refractivity contribution is 9.10. The summed E-state index contributed by atoms with van der Waals surface area (Å²) in [4.78, 5) is 8.30. The summed E-state index contributed by atoms with van der Waals surface area (Å²) in [5, 5.41) is 4.33. The Balaban J connectivity index is 1.97. The van der Waals surface area contributed by atoms with Crippen molar-refractivity contribution < 1.29 is 0 Å². The highest BCUT2D eigenvalue weighted by atomic mass is 79.9. The van der Waals surface area contributed by atoms with E-state index in [1.807, 2.05) is 35.1 Å². The lowest BCUT2D eigenvalue weighted by molar-refractivity contribution is 0.880. The molecule has 2 heterocycles. The second-order valence-electron chi connectivity index (χ2n) is 3.74. The topological polar surface area (TPSA) is 43.6 Å². The van der Waals surface area contributed by atoms with Gasteiger partial charge in [-0.05, 0) is 24.3 Å².